The maximum atomic E-state index is 11.4. The van der Waals surface area contributed by atoms with Crippen molar-refractivity contribution in [2.75, 3.05) is 11.4 Å². The molecule has 4 rings (SSSR count). The number of anilines is 1. The van der Waals surface area contributed by atoms with Gasteiger partial charge in [-0.25, -0.2) is 0 Å². The number of para-hydroxylation sites is 1. The third kappa shape index (κ3) is 3.59. The molecule has 172 valence electrons. The van der Waals surface area contributed by atoms with Crippen molar-refractivity contribution in [2.24, 2.45) is 0 Å². The third-order valence-corrected chi connectivity index (χ3v) is 6.46. The summed E-state index contributed by atoms with van der Waals surface area (Å²) in [6, 6.07) is 10.4. The summed E-state index contributed by atoms with van der Waals surface area (Å²) in [6.45, 7) is 4.20. The number of benzene rings is 2. The van der Waals surface area contributed by atoms with Crippen LogP contribution in [-0.2, 0) is 21.4 Å². The van der Waals surface area contributed by atoms with Gasteiger partial charge in [0.2, 0.25) is 5.72 Å². The molecule has 2 heterocycles. The molecule has 0 bridgehead atoms. The monoisotopic (exact) mass is 452 g/mol. The van der Waals surface area contributed by atoms with Crippen LogP contribution in [0.15, 0.2) is 42.5 Å². The highest BCUT2D eigenvalue weighted by atomic mass is 16.6. The summed E-state index contributed by atoms with van der Waals surface area (Å²) in [4.78, 5) is 35.4. The van der Waals surface area contributed by atoms with E-state index in [9.17, 15) is 29.9 Å². The lowest BCUT2D eigenvalue weighted by atomic mass is 9.76. The first-order valence-electron chi connectivity index (χ1n) is 10.6. The van der Waals surface area contributed by atoms with Gasteiger partial charge in [0.15, 0.2) is 0 Å². The first kappa shape index (κ1) is 22.3. The Balaban J connectivity index is 1.87. The fourth-order valence-corrected chi connectivity index (χ4v) is 4.79. The molecule has 0 saturated heterocycles. The molecule has 1 atom stereocenters. The first-order valence-corrected chi connectivity index (χ1v) is 10.6. The number of fused-ring (bicyclic) bond motifs is 2. The number of nitrogens with zero attached hydrogens (tertiary/aromatic N) is 2. The summed E-state index contributed by atoms with van der Waals surface area (Å²) >= 11 is 0. The maximum absolute atomic E-state index is 11.4. The molecular formula is C24H24N2O7. The minimum atomic E-state index is -1.09. The van der Waals surface area contributed by atoms with Crippen LogP contribution < -0.4 is 9.64 Å². The molecule has 2 aromatic carbocycles. The van der Waals surface area contributed by atoms with Crippen LogP contribution in [0.25, 0.3) is 6.08 Å². The second-order valence-electron chi connectivity index (χ2n) is 8.74. The number of carboxylic acid groups (broad SMARTS) is 2. The molecule has 0 amide bonds. The lowest BCUT2D eigenvalue weighted by Gasteiger charge is -2.47. The number of aryl methyl sites for hydroxylation is 1. The van der Waals surface area contributed by atoms with Gasteiger partial charge in [-0.15, -0.1) is 0 Å². The van der Waals surface area contributed by atoms with Crippen molar-refractivity contribution < 1.29 is 29.5 Å². The summed E-state index contributed by atoms with van der Waals surface area (Å²) in [6.07, 6.45) is 3.31. The van der Waals surface area contributed by atoms with Gasteiger partial charge in [0.05, 0.1) is 16.8 Å². The van der Waals surface area contributed by atoms with Crippen LogP contribution in [0, 0.1) is 10.1 Å². The van der Waals surface area contributed by atoms with Crippen LogP contribution in [0.4, 0.5) is 11.4 Å². The minimum Gasteiger partial charge on any atom is -0.481 e. The van der Waals surface area contributed by atoms with E-state index in [0.29, 0.717) is 16.9 Å². The lowest BCUT2D eigenvalue weighted by Crippen LogP contribution is -2.60. The Hall–Kier alpha value is -3.88. The molecule has 2 aliphatic rings. The Bertz CT molecular complexity index is 1190. The van der Waals surface area contributed by atoms with E-state index in [1.54, 1.807) is 6.08 Å². The van der Waals surface area contributed by atoms with Crippen molar-refractivity contribution in [3.63, 3.8) is 0 Å². The van der Waals surface area contributed by atoms with Gasteiger partial charge >= 0.3 is 11.9 Å². The molecule has 0 unspecified atom stereocenters. The second kappa shape index (κ2) is 7.91. The van der Waals surface area contributed by atoms with Crippen molar-refractivity contribution in [3.05, 3.63) is 69.3 Å². The van der Waals surface area contributed by atoms with E-state index in [1.807, 2.05) is 49.1 Å². The van der Waals surface area contributed by atoms with E-state index in [1.165, 1.54) is 12.1 Å². The molecular weight excluding hydrogens is 428 g/mol. The smallest absolute Gasteiger partial charge is 0.305 e. The number of rotatable bonds is 7. The van der Waals surface area contributed by atoms with Gasteiger partial charge in [0.25, 0.3) is 5.69 Å². The zero-order valence-corrected chi connectivity index (χ0v) is 18.3. The molecule has 2 N–H and O–H groups in total. The quantitative estimate of drug-likeness (QED) is 0.476. The second-order valence-corrected chi connectivity index (χ2v) is 8.74. The minimum absolute atomic E-state index is 0.0613. The van der Waals surface area contributed by atoms with Crippen LogP contribution >= 0.6 is 0 Å². The van der Waals surface area contributed by atoms with E-state index in [4.69, 9.17) is 4.74 Å². The third-order valence-electron chi connectivity index (χ3n) is 6.46. The Morgan fingerprint density at radius 2 is 1.82 bits per heavy atom. The molecule has 1 spiro atoms. The number of carbonyl (C=O) groups is 2. The summed E-state index contributed by atoms with van der Waals surface area (Å²) < 4.78 is 6.65. The standard InChI is InChI=1S/C24H24N2O7/c1-23(2)18-5-3-4-6-19(18)25(12-10-21(29)30)24(23)11-9-16-14-17(26(31)32)13-15(22(16)33-24)7-8-20(27)28/h3-6,9,11,13-14H,7-8,10,12H2,1-2H3,(H,27,28)(H,29,30)/t24-/m1/s1. The Labute approximate surface area is 190 Å². The summed E-state index contributed by atoms with van der Waals surface area (Å²) in [5.41, 5.74) is 0.906. The van der Waals surface area contributed by atoms with Gasteiger partial charge < -0.3 is 19.8 Å². The molecule has 0 aliphatic carbocycles. The Morgan fingerprint density at radius 3 is 2.48 bits per heavy atom. The van der Waals surface area contributed by atoms with Crippen LogP contribution in [0.3, 0.4) is 0 Å². The summed E-state index contributed by atoms with van der Waals surface area (Å²) in [7, 11) is 0. The zero-order chi connectivity index (χ0) is 24.0. The van der Waals surface area contributed by atoms with E-state index >= 15 is 0 Å². The molecule has 9 nitrogen and oxygen atoms in total. The van der Waals surface area contributed by atoms with Crippen LogP contribution in [0.5, 0.6) is 5.75 Å². The highest BCUT2D eigenvalue weighted by molar-refractivity contribution is 5.76. The van der Waals surface area contributed by atoms with Gasteiger partial charge in [-0.3, -0.25) is 19.7 Å². The average Bonchev–Trinajstić information content (AvgIpc) is 2.94. The van der Waals surface area contributed by atoms with Crippen molar-refractivity contribution in [2.45, 2.75) is 44.2 Å². The number of hydrogen-bond donors (Lipinski definition) is 2. The van der Waals surface area contributed by atoms with Crippen molar-refractivity contribution in [3.8, 4) is 5.75 Å². The normalized spacial score (nSPS) is 19.6. The first-order chi connectivity index (χ1) is 15.6. The lowest BCUT2D eigenvalue weighted by molar-refractivity contribution is -0.385. The number of non-ortho nitro benzene ring substituents is 1. The summed E-state index contributed by atoms with van der Waals surface area (Å²) in [5, 5.41) is 30.0. The van der Waals surface area contributed by atoms with Crippen molar-refractivity contribution >= 4 is 29.4 Å². The van der Waals surface area contributed by atoms with Gasteiger partial charge in [0.1, 0.15) is 5.75 Å². The van der Waals surface area contributed by atoms with Crippen LogP contribution in [0.1, 0.15) is 43.4 Å². The fraction of sp³-hybridized carbons (Fsp3) is 0.333. The number of ether oxygens (including phenoxy) is 1. The predicted octanol–water partition coefficient (Wildman–Crippen LogP) is 3.99. The van der Waals surface area contributed by atoms with Crippen molar-refractivity contribution in [1.82, 2.24) is 0 Å². The van der Waals surface area contributed by atoms with Gasteiger partial charge in [-0.05, 0) is 44.1 Å². The molecule has 9 heteroatoms. The topological polar surface area (TPSA) is 130 Å². The maximum Gasteiger partial charge on any atom is 0.305 e. The van der Waals surface area contributed by atoms with E-state index < -0.39 is 28.0 Å². The highest BCUT2D eigenvalue weighted by Crippen LogP contribution is 2.55. The number of nitro benzene ring substituents is 1. The van der Waals surface area contributed by atoms with Gasteiger partial charge in [0, 0.05) is 41.9 Å². The van der Waals surface area contributed by atoms with Crippen LogP contribution in [-0.4, -0.2) is 39.3 Å². The molecule has 2 aliphatic heterocycles. The number of hydrogen-bond acceptors (Lipinski definition) is 6. The number of carboxylic acids is 2. The van der Waals surface area contributed by atoms with E-state index in [2.05, 4.69) is 0 Å². The van der Waals surface area contributed by atoms with E-state index in [0.717, 1.165) is 11.3 Å². The molecule has 2 aromatic rings. The van der Waals surface area contributed by atoms with Gasteiger partial charge in [-0.2, -0.15) is 0 Å². The largest absolute Gasteiger partial charge is 0.481 e. The van der Waals surface area contributed by atoms with Crippen molar-refractivity contribution in [1.29, 1.82) is 0 Å². The van der Waals surface area contributed by atoms with E-state index in [-0.39, 0.29) is 31.5 Å². The highest BCUT2D eigenvalue weighted by Gasteiger charge is 2.59. The van der Waals surface area contributed by atoms with Crippen LogP contribution in [0.2, 0.25) is 0 Å². The SMILES string of the molecule is CC1(C)c2ccccc2N(CCC(=O)O)[C@@]12C=Cc1cc([N+](=O)[O-])cc(CCC(=O)O)c1O2. The average molecular weight is 452 g/mol. The number of nitro groups is 1. The molecule has 0 radical (unpaired) electrons. The zero-order valence-electron chi connectivity index (χ0n) is 18.3. The Kier molecular flexibility index (Phi) is 5.35. The predicted molar refractivity (Wildman–Crippen MR) is 121 cm³/mol. The fourth-order valence-electron chi connectivity index (χ4n) is 4.79. The van der Waals surface area contributed by atoms with Gasteiger partial charge in [-0.1, -0.05) is 18.2 Å². The molecule has 33 heavy (non-hydrogen) atoms. The number of aliphatic carboxylic acids is 2. The molecule has 0 aromatic heterocycles. The Morgan fingerprint density at radius 1 is 1.12 bits per heavy atom. The summed E-state index contributed by atoms with van der Waals surface area (Å²) in [5.74, 6) is -1.58. The molecule has 0 saturated carbocycles. The molecule has 0 fully saturated rings.